The minimum Gasteiger partial charge on any atom is -0.457 e. The molecular weight excluding hydrogens is 236 g/mol. The number of carbonyl (C=O) groups is 3. The fourth-order valence-corrected chi connectivity index (χ4v) is 1.82. The van der Waals surface area contributed by atoms with Crippen molar-refractivity contribution in [2.45, 2.75) is 25.9 Å². The van der Waals surface area contributed by atoms with Gasteiger partial charge < -0.3 is 4.42 Å². The van der Waals surface area contributed by atoms with E-state index < -0.39 is 5.54 Å². The van der Waals surface area contributed by atoms with Crippen LogP contribution >= 0.6 is 0 Å². The van der Waals surface area contributed by atoms with Gasteiger partial charge in [-0.15, -0.1) is 0 Å². The van der Waals surface area contributed by atoms with E-state index in [4.69, 9.17) is 4.42 Å². The van der Waals surface area contributed by atoms with Gasteiger partial charge in [0.05, 0.1) is 18.6 Å². The molecule has 0 spiro atoms. The Labute approximate surface area is 104 Å². The number of furan rings is 1. The van der Waals surface area contributed by atoms with Crippen molar-refractivity contribution in [2.75, 3.05) is 6.54 Å². The molecule has 1 saturated heterocycles. The maximum Gasteiger partial charge on any atom is 0.246 e. The van der Waals surface area contributed by atoms with Crippen LogP contribution in [0.1, 0.15) is 30.2 Å². The molecule has 0 radical (unpaired) electrons. The molecule has 1 aromatic rings. The van der Waals surface area contributed by atoms with Crippen LogP contribution in [0.2, 0.25) is 0 Å². The Morgan fingerprint density at radius 3 is 2.78 bits per heavy atom. The summed E-state index contributed by atoms with van der Waals surface area (Å²) in [6.45, 7) is 3.90. The summed E-state index contributed by atoms with van der Waals surface area (Å²) in [6.07, 6.45) is 0.614. The lowest BCUT2D eigenvalue weighted by Crippen LogP contribution is -2.63. The van der Waals surface area contributed by atoms with Gasteiger partial charge in [0.1, 0.15) is 5.76 Å². The monoisotopic (exact) mass is 250 g/mol. The van der Waals surface area contributed by atoms with Crippen molar-refractivity contribution in [3.8, 4) is 0 Å². The molecule has 1 aliphatic rings. The number of rotatable bonds is 3. The number of hydrogen-bond acceptors (Lipinski definition) is 5. The van der Waals surface area contributed by atoms with Crippen LogP contribution in [-0.4, -0.2) is 35.1 Å². The highest BCUT2D eigenvalue weighted by atomic mass is 16.3. The summed E-state index contributed by atoms with van der Waals surface area (Å²) in [6, 6.07) is 3.22. The lowest BCUT2D eigenvalue weighted by atomic mass is 9.98. The van der Waals surface area contributed by atoms with Crippen molar-refractivity contribution in [3.05, 3.63) is 23.7 Å². The number of hydrogen-bond donors (Lipinski definition) is 1. The Balaban J connectivity index is 2.18. The number of nitrogens with one attached hydrogen (secondary N) is 1. The first-order chi connectivity index (χ1) is 8.43. The average Bonchev–Trinajstić information content (AvgIpc) is 2.74. The number of piperazine rings is 1. The van der Waals surface area contributed by atoms with E-state index in [-0.39, 0.29) is 24.1 Å². The number of aldehydes is 1. The SMILES string of the molecule is CC1(C)C(=O)NC(=O)CN1Cc1ccc(C=O)o1. The van der Waals surface area contributed by atoms with E-state index >= 15 is 0 Å². The summed E-state index contributed by atoms with van der Waals surface area (Å²) in [4.78, 5) is 35.3. The van der Waals surface area contributed by atoms with Crippen molar-refractivity contribution in [1.82, 2.24) is 10.2 Å². The number of nitrogens with zero attached hydrogens (tertiary/aromatic N) is 1. The zero-order valence-corrected chi connectivity index (χ0v) is 10.2. The number of imide groups is 1. The van der Waals surface area contributed by atoms with Crippen LogP contribution in [0.4, 0.5) is 0 Å². The molecule has 2 heterocycles. The van der Waals surface area contributed by atoms with Gasteiger partial charge >= 0.3 is 0 Å². The topological polar surface area (TPSA) is 79.6 Å². The van der Waals surface area contributed by atoms with E-state index in [1.54, 1.807) is 30.9 Å². The van der Waals surface area contributed by atoms with Crippen molar-refractivity contribution in [2.24, 2.45) is 0 Å². The first-order valence-corrected chi connectivity index (χ1v) is 5.56. The summed E-state index contributed by atoms with van der Waals surface area (Å²) in [5.41, 5.74) is -0.790. The van der Waals surface area contributed by atoms with Crippen molar-refractivity contribution < 1.29 is 18.8 Å². The molecule has 6 heteroatoms. The van der Waals surface area contributed by atoms with Crippen LogP contribution < -0.4 is 5.32 Å². The van der Waals surface area contributed by atoms with Crippen LogP contribution in [0, 0.1) is 0 Å². The molecule has 1 fully saturated rings. The highest BCUT2D eigenvalue weighted by Crippen LogP contribution is 2.21. The van der Waals surface area contributed by atoms with Crippen LogP contribution in [0.25, 0.3) is 0 Å². The molecule has 18 heavy (non-hydrogen) atoms. The van der Waals surface area contributed by atoms with E-state index in [0.717, 1.165) is 0 Å². The third kappa shape index (κ3) is 2.19. The maximum absolute atomic E-state index is 11.7. The van der Waals surface area contributed by atoms with Gasteiger partial charge in [0.15, 0.2) is 12.0 Å². The molecule has 0 atom stereocenters. The van der Waals surface area contributed by atoms with E-state index in [2.05, 4.69) is 5.32 Å². The summed E-state index contributed by atoms with van der Waals surface area (Å²) in [5.74, 6) is 0.116. The second-order valence-electron chi connectivity index (χ2n) is 4.71. The first-order valence-electron chi connectivity index (χ1n) is 5.56. The van der Waals surface area contributed by atoms with Gasteiger partial charge in [0, 0.05) is 0 Å². The second kappa shape index (κ2) is 4.38. The van der Waals surface area contributed by atoms with Gasteiger partial charge in [-0.2, -0.15) is 0 Å². The molecule has 0 aromatic carbocycles. The van der Waals surface area contributed by atoms with E-state index in [1.807, 2.05) is 0 Å². The first kappa shape index (κ1) is 12.5. The Kier molecular flexibility index (Phi) is 3.04. The standard InChI is InChI=1S/C12H14N2O4/c1-12(2)11(17)13-10(16)6-14(12)5-8-3-4-9(7-15)18-8/h3-4,7H,5-6H2,1-2H3,(H,13,16,17). The third-order valence-electron chi connectivity index (χ3n) is 3.08. The van der Waals surface area contributed by atoms with Gasteiger partial charge in [-0.25, -0.2) is 0 Å². The Morgan fingerprint density at radius 2 is 2.17 bits per heavy atom. The summed E-state index contributed by atoms with van der Waals surface area (Å²) in [5, 5.41) is 2.30. The Morgan fingerprint density at radius 1 is 1.44 bits per heavy atom. The minimum absolute atomic E-state index is 0.121. The van der Waals surface area contributed by atoms with Gasteiger partial charge in [0.25, 0.3) is 0 Å². The Hall–Kier alpha value is -1.95. The highest BCUT2D eigenvalue weighted by molar-refractivity contribution is 6.02. The van der Waals surface area contributed by atoms with E-state index in [9.17, 15) is 14.4 Å². The minimum atomic E-state index is -0.790. The Bertz CT molecular complexity index is 504. The molecule has 1 aromatic heterocycles. The second-order valence-corrected chi connectivity index (χ2v) is 4.71. The molecule has 0 saturated carbocycles. The normalized spacial score (nSPS) is 19.7. The molecule has 2 amide bonds. The molecule has 96 valence electrons. The number of amides is 2. The van der Waals surface area contributed by atoms with Crippen LogP contribution in [0.15, 0.2) is 16.5 Å². The largest absolute Gasteiger partial charge is 0.457 e. The summed E-state index contributed by atoms with van der Waals surface area (Å²) < 4.78 is 5.25. The van der Waals surface area contributed by atoms with Gasteiger partial charge in [-0.3, -0.25) is 24.6 Å². The van der Waals surface area contributed by atoms with Crippen molar-refractivity contribution in [3.63, 3.8) is 0 Å². The molecule has 0 aliphatic carbocycles. The molecule has 6 nitrogen and oxygen atoms in total. The molecule has 1 N–H and O–H groups in total. The maximum atomic E-state index is 11.7. The van der Waals surface area contributed by atoms with Crippen LogP contribution in [0.3, 0.4) is 0 Å². The van der Waals surface area contributed by atoms with Crippen molar-refractivity contribution >= 4 is 18.1 Å². The smallest absolute Gasteiger partial charge is 0.246 e. The van der Waals surface area contributed by atoms with E-state index in [1.165, 1.54) is 0 Å². The van der Waals surface area contributed by atoms with E-state index in [0.29, 0.717) is 18.6 Å². The molecule has 2 rings (SSSR count). The fourth-order valence-electron chi connectivity index (χ4n) is 1.82. The van der Waals surface area contributed by atoms with Gasteiger partial charge in [0.2, 0.25) is 11.8 Å². The quantitative estimate of drug-likeness (QED) is 0.617. The van der Waals surface area contributed by atoms with Gasteiger partial charge in [-0.1, -0.05) is 0 Å². The van der Waals surface area contributed by atoms with Crippen molar-refractivity contribution in [1.29, 1.82) is 0 Å². The molecule has 0 bridgehead atoms. The third-order valence-corrected chi connectivity index (χ3v) is 3.08. The lowest BCUT2D eigenvalue weighted by molar-refractivity contribution is -0.145. The molecule has 0 unspecified atom stereocenters. The number of carbonyl (C=O) groups excluding carboxylic acids is 3. The summed E-state index contributed by atoms with van der Waals surface area (Å²) >= 11 is 0. The predicted molar refractivity (Wildman–Crippen MR) is 61.7 cm³/mol. The molecular formula is C12H14N2O4. The van der Waals surface area contributed by atoms with Gasteiger partial charge in [-0.05, 0) is 26.0 Å². The summed E-state index contributed by atoms with van der Waals surface area (Å²) in [7, 11) is 0. The van der Waals surface area contributed by atoms with Crippen LogP contribution in [0.5, 0.6) is 0 Å². The zero-order valence-electron chi connectivity index (χ0n) is 10.2. The van der Waals surface area contributed by atoms with Crippen LogP contribution in [-0.2, 0) is 16.1 Å². The zero-order chi connectivity index (χ0) is 13.3. The highest BCUT2D eigenvalue weighted by Gasteiger charge is 2.41. The predicted octanol–water partition coefficient (Wildman–Crippen LogP) is 0.329. The average molecular weight is 250 g/mol. The molecule has 1 aliphatic heterocycles. The lowest BCUT2D eigenvalue weighted by Gasteiger charge is -2.39. The fraction of sp³-hybridized carbons (Fsp3) is 0.417.